The largest absolute Gasteiger partial charge is 0.369 e. The van der Waals surface area contributed by atoms with Crippen molar-refractivity contribution in [3.05, 3.63) is 177 Å². The molecule has 4 nitrogen and oxygen atoms in total. The predicted octanol–water partition coefficient (Wildman–Crippen LogP) is 8.76. The van der Waals surface area contributed by atoms with Crippen LogP contribution in [0.4, 0.5) is 0 Å². The maximum atomic E-state index is 11.7. The zero-order valence-electron chi connectivity index (χ0n) is 27.2. The van der Waals surface area contributed by atoms with E-state index in [4.69, 9.17) is 23.2 Å². The minimum atomic E-state index is -1.60. The molecule has 5 aromatic rings. The third-order valence-electron chi connectivity index (χ3n) is 6.57. The monoisotopic (exact) mass is 674 g/mol. The van der Waals surface area contributed by atoms with E-state index in [1.165, 1.54) is 27.7 Å². The van der Waals surface area contributed by atoms with Crippen LogP contribution in [0.3, 0.4) is 0 Å². The summed E-state index contributed by atoms with van der Waals surface area (Å²) in [5, 5.41) is 24.3. The van der Waals surface area contributed by atoms with Crippen LogP contribution in [0.15, 0.2) is 133 Å². The Morgan fingerprint density at radius 1 is 0.479 bits per heavy atom. The average molecular weight is 676 g/mol. The Balaban J connectivity index is 0.000000705. The van der Waals surface area contributed by atoms with Gasteiger partial charge in [0.05, 0.1) is 0 Å². The van der Waals surface area contributed by atoms with E-state index in [2.05, 4.69) is 23.7 Å². The maximum Gasteiger partial charge on any atom is 0.178 e. The van der Waals surface area contributed by atoms with Crippen LogP contribution < -0.4 is 0 Å². The van der Waals surface area contributed by atoms with Gasteiger partial charge in [0.25, 0.3) is 0 Å². The van der Waals surface area contributed by atoms with E-state index in [0.29, 0.717) is 43.4 Å². The van der Waals surface area contributed by atoms with E-state index in [1.807, 2.05) is 109 Å². The summed E-state index contributed by atoms with van der Waals surface area (Å²) in [5.74, 6) is 12.6. The Morgan fingerprint density at radius 2 is 0.750 bits per heavy atom. The molecule has 2 N–H and O–H groups in total. The topological polar surface area (TPSA) is 74.6 Å². The second kappa shape index (κ2) is 17.8. The van der Waals surface area contributed by atoms with E-state index in [1.54, 1.807) is 24.3 Å². The summed E-state index contributed by atoms with van der Waals surface area (Å²) in [6.45, 7) is 6.11. The molecule has 0 amide bonds. The smallest absolute Gasteiger partial charge is 0.178 e. The van der Waals surface area contributed by atoms with Crippen molar-refractivity contribution < 1.29 is 19.8 Å². The first-order valence-corrected chi connectivity index (χ1v) is 15.8. The van der Waals surface area contributed by atoms with Gasteiger partial charge in [-0.1, -0.05) is 144 Å². The molecule has 0 saturated heterocycles. The quantitative estimate of drug-likeness (QED) is 0.187. The number of benzene rings is 5. The Labute approximate surface area is 293 Å². The van der Waals surface area contributed by atoms with Crippen LogP contribution in [0.5, 0.6) is 0 Å². The van der Waals surface area contributed by atoms with Gasteiger partial charge in [-0.25, -0.2) is 0 Å². The second-order valence-electron chi connectivity index (χ2n) is 11.0. The highest BCUT2D eigenvalue weighted by molar-refractivity contribution is 6.31. The summed E-state index contributed by atoms with van der Waals surface area (Å²) in [4.78, 5) is 18.9. The zero-order chi connectivity index (χ0) is 35.2. The Morgan fingerprint density at radius 3 is 1.04 bits per heavy atom. The standard InChI is InChI=1S/C36H24Cl2O2.2C3H6O/c37-33-17-9-7-15-31(33)35(39,29-11-3-1-4-12-29)25-23-27-19-21-28(22-20-27)24-26-36(40,30-13-5-2-6-14-30)32-16-8-10-18-34(32)38;2*1-3(2)4/h1-22,39-40H;2*1-2H3. The summed E-state index contributed by atoms with van der Waals surface area (Å²) in [5.41, 5.74) is 0.456. The van der Waals surface area contributed by atoms with Crippen LogP contribution in [-0.2, 0) is 20.8 Å². The molecule has 2 unspecified atom stereocenters. The van der Waals surface area contributed by atoms with Gasteiger partial charge in [0.15, 0.2) is 11.2 Å². The van der Waals surface area contributed by atoms with Crippen molar-refractivity contribution in [2.45, 2.75) is 38.9 Å². The first-order valence-electron chi connectivity index (χ1n) is 15.0. The minimum absolute atomic E-state index is 0.167. The molecule has 242 valence electrons. The van der Waals surface area contributed by atoms with E-state index in [9.17, 15) is 19.8 Å². The molecule has 0 radical (unpaired) electrons. The molecule has 0 bridgehead atoms. The molecular formula is C42H36Cl2O4. The van der Waals surface area contributed by atoms with Crippen LogP contribution in [0.25, 0.3) is 0 Å². The van der Waals surface area contributed by atoms with Crippen LogP contribution in [0.1, 0.15) is 61.1 Å². The van der Waals surface area contributed by atoms with Crippen LogP contribution in [0, 0.1) is 23.7 Å². The van der Waals surface area contributed by atoms with E-state index in [0.717, 1.165) is 0 Å². The fourth-order valence-electron chi connectivity index (χ4n) is 4.42. The first kappa shape index (κ1) is 37.5. The SMILES string of the molecule is CC(C)=O.CC(C)=O.OC(C#Cc1ccc(C#CC(O)(c2ccccc2)c2ccccc2Cl)cc1)(c1ccccc1)c1ccccc1Cl. The lowest BCUT2D eigenvalue weighted by Crippen LogP contribution is -2.25. The summed E-state index contributed by atoms with van der Waals surface area (Å²) >= 11 is 12.9. The van der Waals surface area contributed by atoms with Crippen molar-refractivity contribution in [1.29, 1.82) is 0 Å². The molecule has 0 saturated carbocycles. The zero-order valence-corrected chi connectivity index (χ0v) is 28.7. The fourth-order valence-corrected chi connectivity index (χ4v) is 4.97. The molecule has 0 fully saturated rings. The fraction of sp³-hybridized carbons (Fsp3) is 0.143. The molecule has 5 aromatic carbocycles. The number of aliphatic hydroxyl groups is 2. The van der Waals surface area contributed by atoms with Gasteiger partial charge in [0, 0.05) is 43.4 Å². The van der Waals surface area contributed by atoms with Gasteiger partial charge in [-0.2, -0.15) is 0 Å². The molecule has 0 aliphatic carbocycles. The lowest BCUT2D eigenvalue weighted by molar-refractivity contribution is -0.115. The highest BCUT2D eigenvalue weighted by Crippen LogP contribution is 2.35. The third-order valence-corrected chi connectivity index (χ3v) is 7.23. The van der Waals surface area contributed by atoms with Gasteiger partial charge in [0.1, 0.15) is 11.6 Å². The third kappa shape index (κ3) is 10.5. The lowest BCUT2D eigenvalue weighted by atomic mass is 9.86. The van der Waals surface area contributed by atoms with Gasteiger partial charge >= 0.3 is 0 Å². The van der Waals surface area contributed by atoms with Gasteiger partial charge in [-0.15, -0.1) is 0 Å². The lowest BCUT2D eigenvalue weighted by Gasteiger charge is -2.24. The van der Waals surface area contributed by atoms with Gasteiger partial charge < -0.3 is 19.8 Å². The van der Waals surface area contributed by atoms with Crippen molar-refractivity contribution in [3.8, 4) is 23.7 Å². The predicted molar refractivity (Wildman–Crippen MR) is 195 cm³/mol. The van der Waals surface area contributed by atoms with E-state index in [-0.39, 0.29) is 11.6 Å². The Kier molecular flexibility index (Phi) is 13.9. The number of carbonyl (C=O) groups is 2. The average Bonchev–Trinajstić information content (AvgIpc) is 3.07. The van der Waals surface area contributed by atoms with Crippen molar-refractivity contribution in [2.75, 3.05) is 0 Å². The van der Waals surface area contributed by atoms with Crippen molar-refractivity contribution >= 4 is 34.8 Å². The molecule has 0 spiro atoms. The molecule has 0 aliphatic rings. The second-order valence-corrected chi connectivity index (χ2v) is 11.8. The molecule has 6 heteroatoms. The molecule has 0 aromatic heterocycles. The number of carbonyl (C=O) groups excluding carboxylic acids is 2. The molecule has 0 aliphatic heterocycles. The van der Waals surface area contributed by atoms with Crippen LogP contribution in [0.2, 0.25) is 10.0 Å². The number of hydrogen-bond donors (Lipinski definition) is 2. The first-order chi connectivity index (χ1) is 22.9. The van der Waals surface area contributed by atoms with Crippen LogP contribution >= 0.6 is 23.2 Å². The number of Topliss-reactive ketones (excluding diaryl/α,β-unsaturated/α-hetero) is 2. The van der Waals surface area contributed by atoms with Crippen molar-refractivity contribution in [1.82, 2.24) is 0 Å². The maximum absolute atomic E-state index is 11.7. The summed E-state index contributed by atoms with van der Waals surface area (Å²) < 4.78 is 0. The Hall–Kier alpha value is -4.94. The number of halogens is 2. The van der Waals surface area contributed by atoms with E-state index < -0.39 is 11.2 Å². The molecule has 48 heavy (non-hydrogen) atoms. The molecule has 2 atom stereocenters. The highest BCUT2D eigenvalue weighted by Gasteiger charge is 2.32. The summed E-state index contributed by atoms with van der Waals surface area (Å²) in [6.07, 6.45) is 0. The molecule has 5 rings (SSSR count). The van der Waals surface area contributed by atoms with E-state index >= 15 is 0 Å². The van der Waals surface area contributed by atoms with Crippen molar-refractivity contribution in [3.63, 3.8) is 0 Å². The van der Waals surface area contributed by atoms with Gasteiger partial charge in [-0.05, 0) is 64.1 Å². The minimum Gasteiger partial charge on any atom is -0.369 e. The highest BCUT2D eigenvalue weighted by atomic mass is 35.5. The molecule has 0 heterocycles. The summed E-state index contributed by atoms with van der Waals surface area (Å²) in [7, 11) is 0. The van der Waals surface area contributed by atoms with Crippen molar-refractivity contribution in [2.24, 2.45) is 0 Å². The molecular weight excluding hydrogens is 639 g/mol. The number of ketones is 2. The van der Waals surface area contributed by atoms with Crippen LogP contribution in [-0.4, -0.2) is 21.8 Å². The van der Waals surface area contributed by atoms with Gasteiger partial charge in [0.2, 0.25) is 0 Å². The number of rotatable bonds is 4. The summed E-state index contributed by atoms with van der Waals surface area (Å²) in [6, 6.07) is 40.1. The normalized spacial score (nSPS) is 12.3. The Bertz CT molecular complexity index is 1800. The van der Waals surface area contributed by atoms with Gasteiger partial charge in [-0.3, -0.25) is 0 Å². The number of hydrogen-bond acceptors (Lipinski definition) is 4.